The van der Waals surface area contributed by atoms with Crippen LogP contribution >= 0.6 is 0 Å². The Labute approximate surface area is 141 Å². The van der Waals surface area contributed by atoms with Gasteiger partial charge in [0.2, 0.25) is 0 Å². The summed E-state index contributed by atoms with van der Waals surface area (Å²) < 4.78 is 0. The second kappa shape index (κ2) is 6.97. The molecule has 2 atom stereocenters. The molecule has 0 spiro atoms. The Morgan fingerprint density at radius 1 is 1.42 bits per heavy atom. The molecule has 24 heavy (non-hydrogen) atoms. The molecule has 0 aliphatic heterocycles. The third kappa shape index (κ3) is 3.54. The van der Waals surface area contributed by atoms with Gasteiger partial charge in [-0.25, -0.2) is 4.98 Å². The number of aromatic nitrogens is 2. The van der Waals surface area contributed by atoms with Crippen LogP contribution in [0, 0.1) is 5.41 Å². The van der Waals surface area contributed by atoms with Crippen molar-refractivity contribution < 1.29 is 9.90 Å². The Hall–Kier alpha value is -2.47. The first kappa shape index (κ1) is 16.4. The molecule has 6 nitrogen and oxygen atoms in total. The predicted molar refractivity (Wildman–Crippen MR) is 92.1 cm³/mol. The van der Waals surface area contributed by atoms with Crippen molar-refractivity contribution in [3.05, 3.63) is 48.4 Å². The van der Waals surface area contributed by atoms with E-state index in [1.54, 1.807) is 30.7 Å². The summed E-state index contributed by atoms with van der Waals surface area (Å²) in [4.78, 5) is 20.7. The predicted octanol–water partition coefficient (Wildman–Crippen LogP) is 2.50. The fourth-order valence-corrected chi connectivity index (χ4v) is 3.16. The number of benzene rings is 1. The Balaban J connectivity index is 1.70. The summed E-state index contributed by atoms with van der Waals surface area (Å²) in [6.07, 6.45) is 7.70. The average molecular weight is 326 g/mol. The van der Waals surface area contributed by atoms with Crippen molar-refractivity contribution in [3.63, 3.8) is 0 Å². The number of hydrogen-bond donors (Lipinski definition) is 3. The summed E-state index contributed by atoms with van der Waals surface area (Å²) in [6.45, 7) is 2.11. The monoisotopic (exact) mass is 326 g/mol. The first-order valence-electron chi connectivity index (χ1n) is 8.15. The van der Waals surface area contributed by atoms with E-state index in [-0.39, 0.29) is 24.0 Å². The van der Waals surface area contributed by atoms with Crippen molar-refractivity contribution in [1.82, 2.24) is 15.3 Å². The lowest BCUT2D eigenvalue weighted by atomic mass is 9.85. The zero-order valence-electron chi connectivity index (χ0n) is 13.7. The minimum atomic E-state index is -0.231. The number of carbonyl (C=O) groups is 1. The fourth-order valence-electron chi connectivity index (χ4n) is 3.16. The molecule has 1 aromatic heterocycles. The fraction of sp³-hybridized carbons (Fsp3) is 0.389. The van der Waals surface area contributed by atoms with E-state index in [0.29, 0.717) is 11.4 Å². The molecule has 0 radical (unpaired) electrons. The van der Waals surface area contributed by atoms with Crippen molar-refractivity contribution in [2.75, 3.05) is 11.9 Å². The van der Waals surface area contributed by atoms with Gasteiger partial charge in [-0.05, 0) is 31.0 Å². The summed E-state index contributed by atoms with van der Waals surface area (Å²) in [7, 11) is 0. The minimum absolute atomic E-state index is 0.00612. The molecule has 3 rings (SSSR count). The van der Waals surface area contributed by atoms with Crippen LogP contribution in [0.25, 0.3) is 0 Å². The molecule has 1 heterocycles. The lowest BCUT2D eigenvalue weighted by molar-refractivity contribution is 0.0830. The number of hydrogen-bond acceptors (Lipinski definition) is 5. The van der Waals surface area contributed by atoms with Crippen molar-refractivity contribution in [2.24, 2.45) is 5.41 Å². The number of rotatable bonds is 5. The largest absolute Gasteiger partial charge is 0.396 e. The molecular weight excluding hydrogens is 304 g/mol. The summed E-state index contributed by atoms with van der Waals surface area (Å²) in [5.74, 6) is 0.503. The van der Waals surface area contributed by atoms with Gasteiger partial charge in [-0.2, -0.15) is 0 Å². The van der Waals surface area contributed by atoms with Crippen molar-refractivity contribution in [1.29, 1.82) is 0 Å². The van der Waals surface area contributed by atoms with Crippen LogP contribution in [0.2, 0.25) is 0 Å². The smallest absolute Gasteiger partial charge is 0.251 e. The Morgan fingerprint density at radius 3 is 3.04 bits per heavy atom. The molecule has 1 amide bonds. The van der Waals surface area contributed by atoms with Crippen LogP contribution in [0.5, 0.6) is 0 Å². The van der Waals surface area contributed by atoms with Gasteiger partial charge in [-0.1, -0.05) is 19.4 Å². The Kier molecular flexibility index (Phi) is 4.76. The van der Waals surface area contributed by atoms with E-state index in [1.165, 1.54) is 0 Å². The molecule has 2 unspecified atom stereocenters. The van der Waals surface area contributed by atoms with E-state index < -0.39 is 0 Å². The maximum absolute atomic E-state index is 12.6. The van der Waals surface area contributed by atoms with Crippen LogP contribution in [-0.4, -0.2) is 33.6 Å². The Bertz CT molecular complexity index is 707. The number of nitrogens with one attached hydrogen (secondary N) is 2. The van der Waals surface area contributed by atoms with E-state index in [2.05, 4.69) is 20.6 Å². The van der Waals surface area contributed by atoms with Gasteiger partial charge < -0.3 is 15.7 Å². The van der Waals surface area contributed by atoms with Crippen LogP contribution in [0.15, 0.2) is 42.9 Å². The molecular formula is C18H22N4O2. The lowest BCUT2D eigenvalue weighted by Gasteiger charge is -2.30. The molecule has 0 bridgehead atoms. The van der Waals surface area contributed by atoms with Crippen LogP contribution in [-0.2, 0) is 0 Å². The zero-order chi connectivity index (χ0) is 17.0. The summed E-state index contributed by atoms with van der Waals surface area (Å²) >= 11 is 0. The molecule has 1 saturated carbocycles. The number of nitrogens with zero attached hydrogens (tertiary/aromatic N) is 2. The third-order valence-corrected chi connectivity index (χ3v) is 4.71. The quantitative estimate of drug-likeness (QED) is 0.786. The van der Waals surface area contributed by atoms with Gasteiger partial charge in [0.25, 0.3) is 5.91 Å². The highest BCUT2D eigenvalue weighted by atomic mass is 16.3. The van der Waals surface area contributed by atoms with Crippen molar-refractivity contribution >= 4 is 17.4 Å². The number of carbonyl (C=O) groups excluding carboxylic acids is 1. The van der Waals surface area contributed by atoms with Gasteiger partial charge >= 0.3 is 0 Å². The highest BCUT2D eigenvalue weighted by Crippen LogP contribution is 2.37. The van der Waals surface area contributed by atoms with Crippen LogP contribution in [0.3, 0.4) is 0 Å². The maximum Gasteiger partial charge on any atom is 0.251 e. The average Bonchev–Trinajstić information content (AvgIpc) is 2.97. The molecule has 3 N–H and O–H groups in total. The molecule has 126 valence electrons. The standard InChI is InChI=1S/C18H22N4O2/c1-18(12-23)7-3-6-15(18)22-17(24)13-4-2-5-14(10-13)21-16-11-19-8-9-20-16/h2,4-5,8-11,15,23H,3,6-7,12H2,1H3,(H,20,21)(H,22,24). The van der Waals surface area contributed by atoms with Crippen molar-refractivity contribution in [3.8, 4) is 0 Å². The summed E-state index contributed by atoms with van der Waals surface area (Å²) in [6, 6.07) is 7.27. The number of aliphatic hydroxyl groups is 1. The van der Waals surface area contributed by atoms with Crippen LogP contribution < -0.4 is 10.6 Å². The highest BCUT2D eigenvalue weighted by Gasteiger charge is 2.39. The van der Waals surface area contributed by atoms with Gasteiger partial charge in [0.1, 0.15) is 5.82 Å². The van der Waals surface area contributed by atoms with E-state index >= 15 is 0 Å². The number of aliphatic hydroxyl groups excluding tert-OH is 1. The minimum Gasteiger partial charge on any atom is -0.396 e. The van der Waals surface area contributed by atoms with Gasteiger partial charge in [0, 0.05) is 35.1 Å². The number of anilines is 2. The maximum atomic E-state index is 12.6. The first-order chi connectivity index (χ1) is 11.6. The molecule has 1 aromatic carbocycles. The summed E-state index contributed by atoms with van der Waals surface area (Å²) in [5, 5.41) is 15.8. The first-order valence-corrected chi connectivity index (χ1v) is 8.15. The van der Waals surface area contributed by atoms with Gasteiger partial charge in [-0.3, -0.25) is 9.78 Å². The molecule has 1 fully saturated rings. The summed E-state index contributed by atoms with van der Waals surface area (Å²) in [5.41, 5.74) is 1.13. The van der Waals surface area contributed by atoms with Crippen LogP contribution in [0.1, 0.15) is 36.5 Å². The van der Waals surface area contributed by atoms with E-state index in [1.807, 2.05) is 19.1 Å². The molecule has 1 aliphatic carbocycles. The van der Waals surface area contributed by atoms with Gasteiger partial charge in [0.05, 0.1) is 12.8 Å². The topological polar surface area (TPSA) is 87.1 Å². The zero-order valence-corrected chi connectivity index (χ0v) is 13.7. The normalized spacial score (nSPS) is 23.0. The number of amides is 1. The van der Waals surface area contributed by atoms with Crippen molar-refractivity contribution in [2.45, 2.75) is 32.2 Å². The highest BCUT2D eigenvalue weighted by molar-refractivity contribution is 5.95. The lowest BCUT2D eigenvalue weighted by Crippen LogP contribution is -2.44. The third-order valence-electron chi connectivity index (χ3n) is 4.71. The second-order valence-electron chi connectivity index (χ2n) is 6.53. The molecule has 6 heteroatoms. The second-order valence-corrected chi connectivity index (χ2v) is 6.53. The van der Waals surface area contributed by atoms with E-state index in [4.69, 9.17) is 0 Å². The Morgan fingerprint density at radius 2 is 2.29 bits per heavy atom. The molecule has 1 aliphatic rings. The van der Waals surface area contributed by atoms with E-state index in [0.717, 1.165) is 24.9 Å². The van der Waals surface area contributed by atoms with Gasteiger partial charge in [-0.15, -0.1) is 0 Å². The van der Waals surface area contributed by atoms with E-state index in [9.17, 15) is 9.90 Å². The van der Waals surface area contributed by atoms with Crippen LogP contribution in [0.4, 0.5) is 11.5 Å². The SMILES string of the molecule is CC1(CO)CCCC1NC(=O)c1cccc(Nc2cnccn2)c1. The molecule has 0 saturated heterocycles. The molecule has 2 aromatic rings. The van der Waals surface area contributed by atoms with Gasteiger partial charge in [0.15, 0.2) is 0 Å².